The first-order valence-electron chi connectivity index (χ1n) is 6.02. The van der Waals surface area contributed by atoms with Crippen LogP contribution in [0.25, 0.3) is 31.3 Å². The summed E-state index contributed by atoms with van der Waals surface area (Å²) >= 11 is 1.57. The molecule has 0 saturated carbocycles. The van der Waals surface area contributed by atoms with Crippen molar-refractivity contribution in [1.29, 1.82) is 0 Å². The fourth-order valence-electron chi connectivity index (χ4n) is 2.58. The van der Waals surface area contributed by atoms with E-state index in [1.54, 1.807) is 17.5 Å². The second-order valence-corrected chi connectivity index (χ2v) is 5.52. The minimum Gasteiger partial charge on any atom is -0.335 e. The van der Waals surface area contributed by atoms with Crippen LogP contribution in [0.5, 0.6) is 0 Å². The van der Waals surface area contributed by atoms with E-state index in [-0.39, 0.29) is 5.43 Å². The fourth-order valence-corrected chi connectivity index (χ4v) is 3.69. The van der Waals surface area contributed by atoms with E-state index in [0.717, 1.165) is 25.9 Å². The molecular weight excluding hydrogens is 256 g/mol. The van der Waals surface area contributed by atoms with E-state index in [9.17, 15) is 4.79 Å². The van der Waals surface area contributed by atoms with Crippen molar-refractivity contribution in [1.82, 2.24) is 9.55 Å². The molecule has 0 amide bonds. The van der Waals surface area contributed by atoms with Gasteiger partial charge >= 0.3 is 0 Å². The van der Waals surface area contributed by atoms with Gasteiger partial charge in [0.2, 0.25) is 0 Å². The molecule has 3 aromatic heterocycles. The summed E-state index contributed by atoms with van der Waals surface area (Å²) in [7, 11) is 2.00. The summed E-state index contributed by atoms with van der Waals surface area (Å²) in [5, 5.41) is 2.53. The third-order valence-electron chi connectivity index (χ3n) is 3.49. The van der Waals surface area contributed by atoms with Crippen LogP contribution < -0.4 is 5.43 Å². The first-order chi connectivity index (χ1) is 9.27. The van der Waals surface area contributed by atoms with E-state index < -0.39 is 0 Å². The summed E-state index contributed by atoms with van der Waals surface area (Å²) in [6.07, 6.45) is 1.73. The number of hydrogen-bond acceptors (Lipinski definition) is 3. The minimum atomic E-state index is 0.0775. The third-order valence-corrected chi connectivity index (χ3v) is 4.68. The lowest BCUT2D eigenvalue weighted by atomic mass is 10.2. The molecule has 0 bridgehead atoms. The van der Waals surface area contributed by atoms with Crippen molar-refractivity contribution in [3.8, 4) is 0 Å². The molecule has 3 heterocycles. The van der Waals surface area contributed by atoms with Crippen molar-refractivity contribution in [2.24, 2.45) is 7.05 Å². The van der Waals surface area contributed by atoms with Gasteiger partial charge in [0.15, 0.2) is 5.43 Å². The van der Waals surface area contributed by atoms with Crippen LogP contribution in [0.4, 0.5) is 0 Å². The van der Waals surface area contributed by atoms with Gasteiger partial charge in [-0.3, -0.25) is 4.79 Å². The molecule has 0 aliphatic carbocycles. The number of fused-ring (bicyclic) bond motifs is 4. The molecule has 0 unspecified atom stereocenters. The molecule has 0 spiro atoms. The molecule has 0 N–H and O–H groups in total. The molecule has 0 aliphatic rings. The molecule has 0 radical (unpaired) electrons. The molecule has 0 atom stereocenters. The maximum atomic E-state index is 12.7. The van der Waals surface area contributed by atoms with Crippen molar-refractivity contribution in [3.63, 3.8) is 0 Å². The van der Waals surface area contributed by atoms with Crippen LogP contribution >= 0.6 is 11.3 Å². The molecule has 4 heteroatoms. The number of para-hydroxylation sites is 1. The highest BCUT2D eigenvalue weighted by molar-refractivity contribution is 7.24. The second kappa shape index (κ2) is 3.65. The summed E-state index contributed by atoms with van der Waals surface area (Å²) in [4.78, 5) is 18.8. The Kier molecular flexibility index (Phi) is 2.05. The molecule has 19 heavy (non-hydrogen) atoms. The Morgan fingerprint density at radius 2 is 1.89 bits per heavy atom. The standard InChI is InChI=1S/C15H10N2OS/c1-17-11-7-3-2-5-9(11)12-13(18)10-6-4-8-16-14(10)19-15(12)17/h2-8H,1H3. The maximum absolute atomic E-state index is 12.7. The summed E-state index contributed by atoms with van der Waals surface area (Å²) in [5.74, 6) is 0. The van der Waals surface area contributed by atoms with Gasteiger partial charge in [-0.05, 0) is 18.2 Å². The molecule has 0 aliphatic heterocycles. The average molecular weight is 266 g/mol. The van der Waals surface area contributed by atoms with Crippen molar-refractivity contribution in [2.75, 3.05) is 0 Å². The first-order valence-corrected chi connectivity index (χ1v) is 6.84. The van der Waals surface area contributed by atoms with Gasteiger partial charge in [-0.1, -0.05) is 29.5 Å². The van der Waals surface area contributed by atoms with E-state index in [0.29, 0.717) is 5.39 Å². The zero-order chi connectivity index (χ0) is 13.0. The lowest BCUT2D eigenvalue weighted by Crippen LogP contribution is -2.01. The lowest BCUT2D eigenvalue weighted by Gasteiger charge is -1.98. The quantitative estimate of drug-likeness (QED) is 0.489. The van der Waals surface area contributed by atoms with E-state index >= 15 is 0 Å². The van der Waals surface area contributed by atoms with Gasteiger partial charge in [-0.25, -0.2) is 4.98 Å². The van der Waals surface area contributed by atoms with Crippen molar-refractivity contribution in [2.45, 2.75) is 0 Å². The molecule has 3 nitrogen and oxygen atoms in total. The molecule has 1 aromatic carbocycles. The third kappa shape index (κ3) is 1.32. The van der Waals surface area contributed by atoms with Crippen LogP contribution in [0.3, 0.4) is 0 Å². The Hall–Kier alpha value is -2.20. The van der Waals surface area contributed by atoms with Gasteiger partial charge < -0.3 is 4.57 Å². The zero-order valence-electron chi connectivity index (χ0n) is 10.3. The summed E-state index contributed by atoms with van der Waals surface area (Å²) in [6, 6.07) is 11.7. The normalized spacial score (nSPS) is 11.6. The number of benzene rings is 1. The SMILES string of the molecule is Cn1c2ccccc2c2c(=O)c3cccnc3sc21. The Morgan fingerprint density at radius 3 is 2.79 bits per heavy atom. The van der Waals surface area contributed by atoms with Crippen molar-refractivity contribution >= 4 is 42.7 Å². The molecule has 92 valence electrons. The predicted molar refractivity (Wildman–Crippen MR) is 79.9 cm³/mol. The number of pyridine rings is 1. The molecular formula is C15H10N2OS. The van der Waals surface area contributed by atoms with E-state index in [4.69, 9.17) is 0 Å². The largest absolute Gasteiger partial charge is 0.335 e. The topological polar surface area (TPSA) is 34.9 Å². The molecule has 0 fully saturated rings. The summed E-state index contributed by atoms with van der Waals surface area (Å²) in [6.45, 7) is 0. The number of nitrogens with zero attached hydrogens (tertiary/aromatic N) is 2. The van der Waals surface area contributed by atoms with Gasteiger partial charge in [0.25, 0.3) is 0 Å². The van der Waals surface area contributed by atoms with Crippen molar-refractivity contribution in [3.05, 3.63) is 52.8 Å². The van der Waals surface area contributed by atoms with Crippen LogP contribution in [0.2, 0.25) is 0 Å². The van der Waals surface area contributed by atoms with E-state index in [1.807, 2.05) is 43.4 Å². The van der Waals surface area contributed by atoms with E-state index in [1.165, 1.54) is 0 Å². The number of hydrogen-bond donors (Lipinski definition) is 0. The van der Waals surface area contributed by atoms with Gasteiger partial charge in [0.1, 0.15) is 9.66 Å². The first kappa shape index (κ1) is 10.7. The number of aromatic nitrogens is 2. The molecule has 0 saturated heterocycles. The van der Waals surface area contributed by atoms with Crippen LogP contribution in [0, 0.1) is 0 Å². The Bertz CT molecular complexity index is 997. The van der Waals surface area contributed by atoms with Crippen molar-refractivity contribution < 1.29 is 0 Å². The van der Waals surface area contributed by atoms with Crippen LogP contribution in [-0.2, 0) is 7.05 Å². The van der Waals surface area contributed by atoms with Crippen LogP contribution in [-0.4, -0.2) is 9.55 Å². The Balaban J connectivity index is 2.42. The fraction of sp³-hybridized carbons (Fsp3) is 0.0667. The maximum Gasteiger partial charge on any atom is 0.199 e. The van der Waals surface area contributed by atoms with Crippen LogP contribution in [0.1, 0.15) is 0 Å². The zero-order valence-corrected chi connectivity index (χ0v) is 11.1. The van der Waals surface area contributed by atoms with Gasteiger partial charge in [0, 0.05) is 24.1 Å². The Morgan fingerprint density at radius 1 is 1.11 bits per heavy atom. The molecule has 4 rings (SSSR count). The van der Waals surface area contributed by atoms with Gasteiger partial charge in [-0.15, -0.1) is 0 Å². The Labute approximate surface area is 112 Å². The highest BCUT2D eigenvalue weighted by Gasteiger charge is 2.14. The van der Waals surface area contributed by atoms with Gasteiger partial charge in [-0.2, -0.15) is 0 Å². The molecule has 4 aromatic rings. The monoisotopic (exact) mass is 266 g/mol. The van der Waals surface area contributed by atoms with Crippen LogP contribution in [0.15, 0.2) is 47.4 Å². The highest BCUT2D eigenvalue weighted by Crippen LogP contribution is 2.30. The summed E-state index contributed by atoms with van der Waals surface area (Å²) < 4.78 is 2.07. The predicted octanol–water partition coefficient (Wildman–Crippen LogP) is 3.30. The average Bonchev–Trinajstić information content (AvgIpc) is 2.74. The number of aryl methyl sites for hydroxylation is 1. The van der Waals surface area contributed by atoms with Gasteiger partial charge in [0.05, 0.1) is 10.8 Å². The minimum absolute atomic E-state index is 0.0775. The second-order valence-electron chi connectivity index (χ2n) is 4.54. The smallest absolute Gasteiger partial charge is 0.199 e. The van der Waals surface area contributed by atoms with E-state index in [2.05, 4.69) is 9.55 Å². The lowest BCUT2D eigenvalue weighted by molar-refractivity contribution is 1.02. The highest BCUT2D eigenvalue weighted by atomic mass is 32.1. The number of rotatable bonds is 0. The summed E-state index contributed by atoms with van der Waals surface area (Å²) in [5.41, 5.74) is 1.16.